The summed E-state index contributed by atoms with van der Waals surface area (Å²) in [5.41, 5.74) is 5.45. The molecule has 2 rings (SSSR count). The van der Waals surface area contributed by atoms with Crippen LogP contribution in [0, 0.1) is 0 Å². The van der Waals surface area contributed by atoms with Crippen molar-refractivity contribution >= 4 is 0 Å². The quantitative estimate of drug-likeness (QED) is 0.582. The van der Waals surface area contributed by atoms with Gasteiger partial charge in [0.2, 0.25) is 0 Å². The second-order valence-corrected chi connectivity index (χ2v) is 3.29. The summed E-state index contributed by atoms with van der Waals surface area (Å²) in [6.45, 7) is 4.22. The molecule has 0 atom stereocenters. The van der Waals surface area contributed by atoms with Gasteiger partial charge in [-0.2, -0.15) is 5.48 Å². The molecule has 0 bridgehead atoms. The number of nitrogens with one attached hydrogen (secondary N) is 1. The molecule has 0 unspecified atom stereocenters. The van der Waals surface area contributed by atoms with Crippen LogP contribution in [0.2, 0.25) is 0 Å². The van der Waals surface area contributed by atoms with Crippen molar-refractivity contribution in [2.75, 3.05) is 13.2 Å². The SMILES string of the molecule is CCONCc1ccc2c(c1)CCO2. The lowest BCUT2D eigenvalue weighted by Gasteiger charge is -2.05. The Morgan fingerprint density at radius 2 is 2.43 bits per heavy atom. The largest absolute Gasteiger partial charge is 0.493 e. The smallest absolute Gasteiger partial charge is 0.122 e. The van der Waals surface area contributed by atoms with E-state index in [0.717, 1.165) is 25.3 Å². The summed E-state index contributed by atoms with van der Waals surface area (Å²) in [4.78, 5) is 5.08. The highest BCUT2D eigenvalue weighted by atomic mass is 16.6. The maximum Gasteiger partial charge on any atom is 0.122 e. The molecular formula is C11H15NO2. The Morgan fingerprint density at radius 3 is 3.29 bits per heavy atom. The van der Waals surface area contributed by atoms with Gasteiger partial charge in [-0.05, 0) is 24.1 Å². The summed E-state index contributed by atoms with van der Waals surface area (Å²) in [5, 5.41) is 0. The van der Waals surface area contributed by atoms with Crippen LogP contribution >= 0.6 is 0 Å². The predicted octanol–water partition coefficient (Wildman–Crippen LogP) is 1.66. The average Bonchev–Trinajstić information content (AvgIpc) is 2.65. The van der Waals surface area contributed by atoms with Crippen LogP contribution in [0.25, 0.3) is 0 Å². The Balaban J connectivity index is 1.98. The van der Waals surface area contributed by atoms with Crippen LogP contribution in [0.5, 0.6) is 5.75 Å². The normalized spacial score (nSPS) is 13.8. The molecular weight excluding hydrogens is 178 g/mol. The van der Waals surface area contributed by atoms with Gasteiger partial charge in [0.25, 0.3) is 0 Å². The van der Waals surface area contributed by atoms with Gasteiger partial charge in [0.15, 0.2) is 0 Å². The number of fused-ring (bicyclic) bond motifs is 1. The van der Waals surface area contributed by atoms with Gasteiger partial charge in [0.1, 0.15) is 5.75 Å². The lowest BCUT2D eigenvalue weighted by atomic mass is 10.1. The van der Waals surface area contributed by atoms with Gasteiger partial charge < -0.3 is 9.57 Å². The van der Waals surface area contributed by atoms with E-state index in [2.05, 4.69) is 17.6 Å². The molecule has 0 saturated heterocycles. The second kappa shape index (κ2) is 4.44. The van der Waals surface area contributed by atoms with Gasteiger partial charge in [-0.3, -0.25) is 0 Å². The highest BCUT2D eigenvalue weighted by Crippen LogP contribution is 2.25. The first kappa shape index (κ1) is 9.49. The molecule has 1 aromatic carbocycles. The first-order chi connectivity index (χ1) is 6.90. The van der Waals surface area contributed by atoms with Gasteiger partial charge in [-0.1, -0.05) is 12.1 Å². The molecule has 1 heterocycles. The fourth-order valence-electron chi connectivity index (χ4n) is 1.59. The zero-order chi connectivity index (χ0) is 9.80. The van der Waals surface area contributed by atoms with E-state index >= 15 is 0 Å². The Labute approximate surface area is 84.0 Å². The van der Waals surface area contributed by atoms with E-state index in [-0.39, 0.29) is 0 Å². The van der Waals surface area contributed by atoms with Crippen molar-refractivity contribution in [1.82, 2.24) is 5.48 Å². The zero-order valence-corrected chi connectivity index (χ0v) is 8.38. The number of benzene rings is 1. The number of hydroxylamine groups is 1. The van der Waals surface area contributed by atoms with Gasteiger partial charge >= 0.3 is 0 Å². The molecule has 3 heteroatoms. The van der Waals surface area contributed by atoms with Crippen molar-refractivity contribution in [3.05, 3.63) is 29.3 Å². The van der Waals surface area contributed by atoms with Crippen LogP contribution in [-0.2, 0) is 17.8 Å². The number of hydrogen-bond donors (Lipinski definition) is 1. The molecule has 0 fully saturated rings. The number of ether oxygens (including phenoxy) is 1. The fourth-order valence-corrected chi connectivity index (χ4v) is 1.59. The maximum atomic E-state index is 5.43. The molecule has 1 N–H and O–H groups in total. The summed E-state index contributed by atoms with van der Waals surface area (Å²) < 4.78 is 5.43. The Bertz CT molecular complexity index is 312. The standard InChI is InChI=1S/C11H15NO2/c1-2-14-12-8-9-3-4-11-10(7-9)5-6-13-11/h3-4,7,12H,2,5-6,8H2,1H3. The monoisotopic (exact) mass is 193 g/mol. The molecule has 1 aromatic rings. The van der Waals surface area contributed by atoms with E-state index in [9.17, 15) is 0 Å². The van der Waals surface area contributed by atoms with E-state index in [1.54, 1.807) is 0 Å². The predicted molar refractivity (Wildman–Crippen MR) is 54.1 cm³/mol. The second-order valence-electron chi connectivity index (χ2n) is 3.29. The van der Waals surface area contributed by atoms with E-state index in [0.29, 0.717) is 6.61 Å². The molecule has 0 aromatic heterocycles. The maximum absolute atomic E-state index is 5.43. The molecule has 0 aliphatic carbocycles. The molecule has 0 spiro atoms. The Morgan fingerprint density at radius 1 is 1.50 bits per heavy atom. The van der Waals surface area contributed by atoms with Crippen LogP contribution in [0.4, 0.5) is 0 Å². The highest BCUT2D eigenvalue weighted by Gasteiger charge is 2.11. The zero-order valence-electron chi connectivity index (χ0n) is 8.38. The molecule has 76 valence electrons. The minimum absolute atomic E-state index is 0.689. The third kappa shape index (κ3) is 2.05. The number of hydrogen-bond acceptors (Lipinski definition) is 3. The first-order valence-electron chi connectivity index (χ1n) is 4.99. The summed E-state index contributed by atoms with van der Waals surface area (Å²) >= 11 is 0. The minimum Gasteiger partial charge on any atom is -0.493 e. The van der Waals surface area contributed by atoms with Gasteiger partial charge in [-0.25, -0.2) is 0 Å². The molecule has 0 amide bonds. The van der Waals surface area contributed by atoms with Crippen LogP contribution in [-0.4, -0.2) is 13.2 Å². The van der Waals surface area contributed by atoms with E-state index in [4.69, 9.17) is 9.57 Å². The van der Waals surface area contributed by atoms with Gasteiger partial charge in [0.05, 0.1) is 13.2 Å². The molecule has 1 aliphatic rings. The first-order valence-corrected chi connectivity index (χ1v) is 4.99. The van der Waals surface area contributed by atoms with E-state index in [1.807, 2.05) is 13.0 Å². The summed E-state index contributed by atoms with van der Waals surface area (Å²) in [5.74, 6) is 1.03. The summed E-state index contributed by atoms with van der Waals surface area (Å²) in [6.07, 6.45) is 1.03. The third-order valence-corrected chi connectivity index (χ3v) is 2.28. The van der Waals surface area contributed by atoms with Crippen molar-refractivity contribution in [3.63, 3.8) is 0 Å². The minimum atomic E-state index is 0.689. The van der Waals surface area contributed by atoms with Crippen LogP contribution in [0.3, 0.4) is 0 Å². The van der Waals surface area contributed by atoms with E-state index in [1.165, 1.54) is 11.1 Å². The molecule has 14 heavy (non-hydrogen) atoms. The molecule has 3 nitrogen and oxygen atoms in total. The van der Waals surface area contributed by atoms with Crippen LogP contribution < -0.4 is 10.2 Å². The average molecular weight is 193 g/mol. The third-order valence-electron chi connectivity index (χ3n) is 2.28. The fraction of sp³-hybridized carbons (Fsp3) is 0.455. The molecule has 0 saturated carbocycles. The van der Waals surface area contributed by atoms with Crippen LogP contribution in [0.1, 0.15) is 18.1 Å². The Hall–Kier alpha value is -1.06. The van der Waals surface area contributed by atoms with Gasteiger partial charge in [0, 0.05) is 13.0 Å². The van der Waals surface area contributed by atoms with Crippen molar-refractivity contribution in [3.8, 4) is 5.75 Å². The van der Waals surface area contributed by atoms with Crippen molar-refractivity contribution in [2.45, 2.75) is 19.9 Å². The van der Waals surface area contributed by atoms with E-state index < -0.39 is 0 Å². The van der Waals surface area contributed by atoms with Crippen molar-refractivity contribution in [1.29, 1.82) is 0 Å². The summed E-state index contributed by atoms with van der Waals surface area (Å²) in [7, 11) is 0. The topological polar surface area (TPSA) is 30.5 Å². The lowest BCUT2D eigenvalue weighted by molar-refractivity contribution is 0.0463. The molecule has 0 radical (unpaired) electrons. The lowest BCUT2D eigenvalue weighted by Crippen LogP contribution is -2.13. The van der Waals surface area contributed by atoms with Crippen molar-refractivity contribution < 1.29 is 9.57 Å². The van der Waals surface area contributed by atoms with Gasteiger partial charge in [-0.15, -0.1) is 0 Å². The highest BCUT2D eigenvalue weighted by molar-refractivity contribution is 5.39. The van der Waals surface area contributed by atoms with Crippen molar-refractivity contribution in [2.24, 2.45) is 0 Å². The molecule has 1 aliphatic heterocycles. The number of rotatable bonds is 4. The Kier molecular flexibility index (Phi) is 3.01. The summed E-state index contributed by atoms with van der Waals surface area (Å²) in [6, 6.07) is 6.27. The van der Waals surface area contributed by atoms with Crippen LogP contribution in [0.15, 0.2) is 18.2 Å².